The number of hydrogen-bond acceptors (Lipinski definition) is 3. The van der Waals surface area contributed by atoms with Crippen molar-refractivity contribution in [1.29, 1.82) is 0 Å². The zero-order valence-electron chi connectivity index (χ0n) is 11.8. The smallest absolute Gasteiger partial charge is 0.166 e. The molecular formula is C14H32ClNO2. The van der Waals surface area contributed by atoms with Crippen molar-refractivity contribution in [3.8, 4) is 0 Å². The summed E-state index contributed by atoms with van der Waals surface area (Å²) in [6.45, 7) is 2.24. The lowest BCUT2D eigenvalue weighted by molar-refractivity contribution is -0.0599. The van der Waals surface area contributed by atoms with Crippen LogP contribution in [0.5, 0.6) is 0 Å². The van der Waals surface area contributed by atoms with E-state index in [9.17, 15) is 0 Å². The third-order valence-corrected chi connectivity index (χ3v) is 3.27. The number of aliphatic hydroxyl groups is 2. The first-order valence-corrected chi connectivity index (χ1v) is 7.30. The molecule has 1 unspecified atom stereocenters. The Balaban J connectivity index is 0. The van der Waals surface area contributed by atoms with Crippen LogP contribution in [-0.2, 0) is 0 Å². The Morgan fingerprint density at radius 3 is 1.56 bits per heavy atom. The fourth-order valence-corrected chi connectivity index (χ4v) is 2.02. The first-order chi connectivity index (χ1) is 8.18. The molecule has 0 rings (SSSR count). The van der Waals surface area contributed by atoms with Gasteiger partial charge in [0.15, 0.2) is 6.29 Å². The highest BCUT2D eigenvalue weighted by molar-refractivity contribution is 5.85. The van der Waals surface area contributed by atoms with Crippen molar-refractivity contribution in [2.45, 2.75) is 89.9 Å². The summed E-state index contributed by atoms with van der Waals surface area (Å²) in [5, 5.41) is 17.6. The van der Waals surface area contributed by atoms with Gasteiger partial charge >= 0.3 is 0 Å². The maximum Gasteiger partial charge on any atom is 0.166 e. The van der Waals surface area contributed by atoms with Crippen molar-refractivity contribution >= 4 is 12.4 Å². The van der Waals surface area contributed by atoms with E-state index in [0.29, 0.717) is 6.42 Å². The number of unbranched alkanes of at least 4 members (excludes halogenated alkanes) is 9. The van der Waals surface area contributed by atoms with E-state index in [1.807, 2.05) is 0 Å². The second-order valence-corrected chi connectivity index (χ2v) is 5.05. The molecule has 112 valence electrons. The summed E-state index contributed by atoms with van der Waals surface area (Å²) in [5.41, 5.74) is 5.53. The molecular weight excluding hydrogens is 250 g/mol. The Morgan fingerprint density at radius 1 is 0.778 bits per heavy atom. The minimum absolute atomic E-state index is 0. The molecule has 0 heterocycles. The second kappa shape index (κ2) is 15.2. The van der Waals surface area contributed by atoms with Gasteiger partial charge < -0.3 is 15.9 Å². The van der Waals surface area contributed by atoms with E-state index < -0.39 is 12.3 Å². The zero-order valence-corrected chi connectivity index (χ0v) is 12.6. The molecule has 0 aliphatic carbocycles. The summed E-state index contributed by atoms with van der Waals surface area (Å²) >= 11 is 0. The predicted octanol–water partition coefficient (Wildman–Crippen LogP) is 3.36. The van der Waals surface area contributed by atoms with Gasteiger partial charge in [0.05, 0.1) is 6.04 Å². The molecule has 0 spiro atoms. The highest BCUT2D eigenvalue weighted by Crippen LogP contribution is 2.11. The number of rotatable bonds is 12. The predicted molar refractivity (Wildman–Crippen MR) is 79.9 cm³/mol. The van der Waals surface area contributed by atoms with Crippen LogP contribution in [-0.4, -0.2) is 22.5 Å². The Kier molecular flexibility index (Phi) is 17.3. The van der Waals surface area contributed by atoms with E-state index in [2.05, 4.69) is 6.92 Å². The van der Waals surface area contributed by atoms with Crippen molar-refractivity contribution in [2.75, 3.05) is 0 Å². The fourth-order valence-electron chi connectivity index (χ4n) is 2.02. The third kappa shape index (κ3) is 14.2. The van der Waals surface area contributed by atoms with Gasteiger partial charge in [0.1, 0.15) is 0 Å². The molecule has 0 bridgehead atoms. The minimum Gasteiger partial charge on any atom is -0.367 e. The molecule has 1 atom stereocenters. The van der Waals surface area contributed by atoms with Crippen molar-refractivity contribution in [1.82, 2.24) is 0 Å². The van der Waals surface area contributed by atoms with Gasteiger partial charge in [0.2, 0.25) is 0 Å². The molecule has 4 N–H and O–H groups in total. The quantitative estimate of drug-likeness (QED) is 0.380. The second-order valence-electron chi connectivity index (χ2n) is 5.05. The van der Waals surface area contributed by atoms with Crippen LogP contribution in [0.2, 0.25) is 0 Å². The summed E-state index contributed by atoms with van der Waals surface area (Å²) in [6, 6.07) is -0.468. The summed E-state index contributed by atoms with van der Waals surface area (Å²) in [7, 11) is 0. The van der Waals surface area contributed by atoms with E-state index in [1.54, 1.807) is 0 Å². The lowest BCUT2D eigenvalue weighted by Crippen LogP contribution is -2.34. The summed E-state index contributed by atoms with van der Waals surface area (Å²) < 4.78 is 0. The Hall–Kier alpha value is 0.170. The SMILES string of the molecule is CCCCCCCCCCCCC(N)C(O)O.Cl. The molecule has 0 saturated carbocycles. The van der Waals surface area contributed by atoms with Crippen LogP contribution in [0, 0.1) is 0 Å². The van der Waals surface area contributed by atoms with Gasteiger partial charge in [-0.05, 0) is 6.42 Å². The monoisotopic (exact) mass is 281 g/mol. The van der Waals surface area contributed by atoms with E-state index in [1.165, 1.54) is 51.4 Å². The lowest BCUT2D eigenvalue weighted by Gasteiger charge is -2.12. The third-order valence-electron chi connectivity index (χ3n) is 3.27. The highest BCUT2D eigenvalue weighted by atomic mass is 35.5. The molecule has 0 aliphatic rings. The van der Waals surface area contributed by atoms with Gasteiger partial charge in [-0.2, -0.15) is 0 Å². The fraction of sp³-hybridized carbons (Fsp3) is 1.00. The number of halogens is 1. The number of aliphatic hydroxyl groups excluding tert-OH is 1. The average Bonchev–Trinajstić information content (AvgIpc) is 2.31. The van der Waals surface area contributed by atoms with Crippen LogP contribution in [0.25, 0.3) is 0 Å². The van der Waals surface area contributed by atoms with Gasteiger partial charge in [-0.3, -0.25) is 0 Å². The molecule has 18 heavy (non-hydrogen) atoms. The standard InChI is InChI=1S/C14H31NO2.ClH/c1-2-3-4-5-6-7-8-9-10-11-12-13(15)14(16)17;/h13-14,16-17H,2-12,15H2,1H3;1H. The molecule has 0 aromatic carbocycles. The molecule has 0 aromatic heterocycles. The van der Waals surface area contributed by atoms with Gasteiger partial charge in [-0.1, -0.05) is 71.1 Å². The normalized spacial score (nSPS) is 12.5. The van der Waals surface area contributed by atoms with E-state index in [-0.39, 0.29) is 12.4 Å². The lowest BCUT2D eigenvalue weighted by atomic mass is 10.0. The van der Waals surface area contributed by atoms with Gasteiger partial charge in [0, 0.05) is 0 Å². The van der Waals surface area contributed by atoms with Gasteiger partial charge in [-0.25, -0.2) is 0 Å². The highest BCUT2D eigenvalue weighted by Gasteiger charge is 2.09. The topological polar surface area (TPSA) is 66.5 Å². The molecule has 0 aromatic rings. The van der Waals surface area contributed by atoms with Crippen LogP contribution < -0.4 is 5.73 Å². The summed E-state index contributed by atoms with van der Waals surface area (Å²) in [6.07, 6.45) is 12.3. The van der Waals surface area contributed by atoms with Gasteiger partial charge in [0.25, 0.3) is 0 Å². The van der Waals surface area contributed by atoms with Crippen molar-refractivity contribution in [2.24, 2.45) is 5.73 Å². The van der Waals surface area contributed by atoms with Gasteiger partial charge in [-0.15, -0.1) is 12.4 Å². The van der Waals surface area contributed by atoms with E-state index >= 15 is 0 Å². The van der Waals surface area contributed by atoms with Crippen LogP contribution in [0.1, 0.15) is 77.6 Å². The molecule has 0 fully saturated rings. The van der Waals surface area contributed by atoms with Crippen molar-refractivity contribution < 1.29 is 10.2 Å². The van der Waals surface area contributed by atoms with Crippen LogP contribution in [0.15, 0.2) is 0 Å². The molecule has 0 radical (unpaired) electrons. The van der Waals surface area contributed by atoms with Crippen LogP contribution >= 0.6 is 12.4 Å². The van der Waals surface area contributed by atoms with Crippen molar-refractivity contribution in [3.05, 3.63) is 0 Å². The molecule has 0 amide bonds. The number of hydrogen-bond donors (Lipinski definition) is 3. The first-order valence-electron chi connectivity index (χ1n) is 7.30. The largest absolute Gasteiger partial charge is 0.367 e. The Morgan fingerprint density at radius 2 is 1.17 bits per heavy atom. The zero-order chi connectivity index (χ0) is 12.9. The maximum absolute atomic E-state index is 8.79. The van der Waals surface area contributed by atoms with Crippen LogP contribution in [0.3, 0.4) is 0 Å². The first kappa shape index (κ1) is 20.5. The Bertz CT molecular complexity index is 157. The molecule has 0 aliphatic heterocycles. The summed E-state index contributed by atoms with van der Waals surface area (Å²) in [5.74, 6) is 0. The summed E-state index contributed by atoms with van der Waals surface area (Å²) in [4.78, 5) is 0. The molecule has 3 nitrogen and oxygen atoms in total. The Labute approximate surface area is 119 Å². The molecule has 4 heteroatoms. The van der Waals surface area contributed by atoms with E-state index in [4.69, 9.17) is 15.9 Å². The van der Waals surface area contributed by atoms with Crippen LogP contribution in [0.4, 0.5) is 0 Å². The molecule has 0 saturated heterocycles. The maximum atomic E-state index is 8.79. The number of nitrogens with two attached hydrogens (primary N) is 1. The van der Waals surface area contributed by atoms with Crippen molar-refractivity contribution in [3.63, 3.8) is 0 Å². The average molecular weight is 282 g/mol. The minimum atomic E-state index is -1.35. The van der Waals surface area contributed by atoms with E-state index in [0.717, 1.165) is 12.8 Å².